The van der Waals surface area contributed by atoms with Gasteiger partial charge in [-0.2, -0.15) is 13.2 Å². The van der Waals surface area contributed by atoms with Gasteiger partial charge in [0, 0.05) is 42.6 Å². The maximum atomic E-state index is 13.0. The molecule has 35 heavy (non-hydrogen) atoms. The van der Waals surface area contributed by atoms with E-state index in [1.165, 1.54) is 10.1 Å². The van der Waals surface area contributed by atoms with E-state index in [0.29, 0.717) is 23.7 Å². The lowest BCUT2D eigenvalue weighted by molar-refractivity contribution is -0.140. The Morgan fingerprint density at radius 2 is 1.66 bits per heavy atom. The summed E-state index contributed by atoms with van der Waals surface area (Å²) in [4.78, 5) is 8.63. The lowest BCUT2D eigenvalue weighted by atomic mass is 9.97. The molecule has 3 heterocycles. The normalized spacial score (nSPS) is 12.1. The first-order valence-electron chi connectivity index (χ1n) is 11.3. The summed E-state index contributed by atoms with van der Waals surface area (Å²) in [5, 5.41) is 4.72. The van der Waals surface area contributed by atoms with Crippen molar-refractivity contribution in [3.05, 3.63) is 95.4 Å². The van der Waals surface area contributed by atoms with Gasteiger partial charge in [-0.1, -0.05) is 68.4 Å². The SMILES string of the molecule is CC(C)c1ccccc1-c1nc2c(Cc3ccc(-c4nc(C(F)(F)F)cn4C)cc3)cccn2n1. The van der Waals surface area contributed by atoms with Crippen molar-refractivity contribution in [2.45, 2.75) is 32.4 Å². The Hall–Kier alpha value is -3.94. The van der Waals surface area contributed by atoms with E-state index in [1.54, 1.807) is 23.7 Å². The molecule has 0 N–H and O–H groups in total. The molecule has 5 nitrogen and oxygen atoms in total. The standard InChI is InChI=1S/C27H24F3N5/c1-17(2)21-8-4-5-9-22(21)24-32-26-20(7-6-14-35(26)33-24)15-18-10-12-19(13-11-18)25-31-23(16-34(25)3)27(28,29)30/h4-14,16-17H,15H2,1-3H3. The Bertz CT molecular complexity index is 1490. The predicted molar refractivity (Wildman–Crippen MR) is 129 cm³/mol. The first-order valence-corrected chi connectivity index (χ1v) is 11.3. The molecular formula is C27H24F3N5. The summed E-state index contributed by atoms with van der Waals surface area (Å²) in [7, 11) is 1.56. The molecule has 0 bridgehead atoms. The number of hydrogen-bond donors (Lipinski definition) is 0. The number of alkyl halides is 3. The monoisotopic (exact) mass is 475 g/mol. The summed E-state index contributed by atoms with van der Waals surface area (Å²) in [6.07, 6.45) is -0.968. The van der Waals surface area contributed by atoms with E-state index < -0.39 is 11.9 Å². The van der Waals surface area contributed by atoms with Crippen LogP contribution in [0.2, 0.25) is 0 Å². The van der Waals surface area contributed by atoms with Crippen LogP contribution >= 0.6 is 0 Å². The van der Waals surface area contributed by atoms with E-state index in [-0.39, 0.29) is 5.82 Å². The first kappa shape index (κ1) is 22.8. The number of fused-ring (bicyclic) bond motifs is 1. The zero-order chi connectivity index (χ0) is 24.7. The highest BCUT2D eigenvalue weighted by atomic mass is 19.4. The van der Waals surface area contributed by atoms with Crippen LogP contribution in [-0.2, 0) is 19.6 Å². The number of imidazole rings is 1. The molecule has 5 rings (SSSR count). The lowest BCUT2D eigenvalue weighted by Gasteiger charge is -2.09. The highest BCUT2D eigenvalue weighted by molar-refractivity contribution is 5.65. The molecule has 0 unspecified atom stereocenters. The molecule has 0 aliphatic carbocycles. The van der Waals surface area contributed by atoms with Crippen LogP contribution in [0.25, 0.3) is 28.4 Å². The van der Waals surface area contributed by atoms with Gasteiger partial charge in [0.05, 0.1) is 0 Å². The van der Waals surface area contributed by atoms with Crippen LogP contribution in [0, 0.1) is 0 Å². The Balaban J connectivity index is 1.44. The topological polar surface area (TPSA) is 48.0 Å². The first-order chi connectivity index (χ1) is 16.7. The van der Waals surface area contributed by atoms with Gasteiger partial charge in [0.1, 0.15) is 5.82 Å². The summed E-state index contributed by atoms with van der Waals surface area (Å²) >= 11 is 0. The second kappa shape index (κ2) is 8.69. The smallest absolute Gasteiger partial charge is 0.333 e. The van der Waals surface area contributed by atoms with Crippen molar-refractivity contribution < 1.29 is 13.2 Å². The van der Waals surface area contributed by atoms with Gasteiger partial charge >= 0.3 is 6.18 Å². The van der Waals surface area contributed by atoms with Gasteiger partial charge < -0.3 is 4.57 Å². The molecule has 0 fully saturated rings. The molecule has 0 amide bonds. The van der Waals surface area contributed by atoms with Gasteiger partial charge in [-0.25, -0.2) is 14.5 Å². The van der Waals surface area contributed by atoms with E-state index >= 15 is 0 Å². The largest absolute Gasteiger partial charge is 0.434 e. The van der Waals surface area contributed by atoms with Crippen LogP contribution in [0.4, 0.5) is 13.2 Å². The number of pyridine rings is 1. The quantitative estimate of drug-likeness (QED) is 0.290. The number of nitrogens with zero attached hydrogens (tertiary/aromatic N) is 5. The maximum absolute atomic E-state index is 13.0. The Kier molecular flexibility index (Phi) is 5.67. The van der Waals surface area contributed by atoms with E-state index in [2.05, 4.69) is 24.9 Å². The minimum Gasteiger partial charge on any atom is -0.333 e. The molecular weight excluding hydrogens is 451 g/mol. The zero-order valence-corrected chi connectivity index (χ0v) is 19.6. The van der Waals surface area contributed by atoms with E-state index in [1.807, 2.05) is 48.7 Å². The molecule has 8 heteroatoms. The summed E-state index contributed by atoms with van der Waals surface area (Å²) in [6.45, 7) is 4.30. The lowest BCUT2D eigenvalue weighted by Crippen LogP contribution is -2.04. The van der Waals surface area contributed by atoms with E-state index in [0.717, 1.165) is 28.5 Å². The Morgan fingerprint density at radius 3 is 2.34 bits per heavy atom. The van der Waals surface area contributed by atoms with E-state index in [4.69, 9.17) is 10.1 Å². The van der Waals surface area contributed by atoms with Gasteiger partial charge in [-0.15, -0.1) is 5.10 Å². The fourth-order valence-corrected chi connectivity index (χ4v) is 4.28. The van der Waals surface area contributed by atoms with Gasteiger partial charge in [-0.3, -0.25) is 0 Å². The van der Waals surface area contributed by atoms with Crippen molar-refractivity contribution in [2.24, 2.45) is 7.05 Å². The highest BCUT2D eigenvalue weighted by Gasteiger charge is 2.34. The second-order valence-electron chi connectivity index (χ2n) is 8.91. The zero-order valence-electron chi connectivity index (χ0n) is 19.6. The number of aromatic nitrogens is 5. The molecule has 0 saturated heterocycles. The highest BCUT2D eigenvalue weighted by Crippen LogP contribution is 2.31. The van der Waals surface area contributed by atoms with Gasteiger partial charge in [0.15, 0.2) is 17.2 Å². The Morgan fingerprint density at radius 1 is 0.914 bits per heavy atom. The third-order valence-electron chi connectivity index (χ3n) is 6.04. The van der Waals surface area contributed by atoms with Crippen molar-refractivity contribution in [2.75, 3.05) is 0 Å². The second-order valence-corrected chi connectivity index (χ2v) is 8.91. The molecule has 0 radical (unpaired) electrons. The number of rotatable bonds is 5. The predicted octanol–water partition coefficient (Wildman–Crippen LogP) is 6.53. The van der Waals surface area contributed by atoms with Crippen molar-refractivity contribution in [3.63, 3.8) is 0 Å². The van der Waals surface area contributed by atoms with Gasteiger partial charge in [0.2, 0.25) is 0 Å². The van der Waals surface area contributed by atoms with Crippen molar-refractivity contribution in [3.8, 4) is 22.8 Å². The summed E-state index contributed by atoms with van der Waals surface area (Å²) in [6, 6.07) is 19.5. The minimum absolute atomic E-state index is 0.275. The van der Waals surface area contributed by atoms with Crippen LogP contribution < -0.4 is 0 Å². The average molecular weight is 476 g/mol. The molecule has 2 aromatic carbocycles. The van der Waals surface area contributed by atoms with Gasteiger partial charge in [-0.05, 0) is 23.1 Å². The summed E-state index contributed by atoms with van der Waals surface area (Å²) in [5.74, 6) is 1.31. The number of hydrogen-bond acceptors (Lipinski definition) is 3. The fourth-order valence-electron chi connectivity index (χ4n) is 4.28. The van der Waals surface area contributed by atoms with Crippen LogP contribution in [0.1, 0.15) is 42.1 Å². The van der Waals surface area contributed by atoms with Crippen molar-refractivity contribution in [1.29, 1.82) is 0 Å². The third kappa shape index (κ3) is 4.43. The molecule has 0 spiro atoms. The maximum Gasteiger partial charge on any atom is 0.434 e. The van der Waals surface area contributed by atoms with Crippen molar-refractivity contribution in [1.82, 2.24) is 24.1 Å². The van der Waals surface area contributed by atoms with Crippen LogP contribution in [0.5, 0.6) is 0 Å². The summed E-state index contributed by atoms with van der Waals surface area (Å²) in [5.41, 5.74) is 4.76. The fraction of sp³-hybridized carbons (Fsp3) is 0.222. The molecule has 0 aliphatic heterocycles. The summed E-state index contributed by atoms with van der Waals surface area (Å²) < 4.78 is 42.2. The molecule has 0 atom stereocenters. The number of benzene rings is 2. The molecule has 0 aliphatic rings. The van der Waals surface area contributed by atoms with Crippen LogP contribution in [0.3, 0.4) is 0 Å². The minimum atomic E-state index is -4.47. The van der Waals surface area contributed by atoms with Crippen LogP contribution in [-0.4, -0.2) is 24.1 Å². The number of halogens is 3. The Labute approximate surface area is 200 Å². The molecule has 5 aromatic rings. The van der Waals surface area contributed by atoms with Crippen LogP contribution in [0.15, 0.2) is 73.1 Å². The molecule has 0 saturated carbocycles. The molecule has 3 aromatic heterocycles. The average Bonchev–Trinajstić information content (AvgIpc) is 3.44. The van der Waals surface area contributed by atoms with Gasteiger partial charge in [0.25, 0.3) is 0 Å². The van der Waals surface area contributed by atoms with E-state index in [9.17, 15) is 13.2 Å². The number of aryl methyl sites for hydroxylation is 1. The third-order valence-corrected chi connectivity index (χ3v) is 6.04. The van der Waals surface area contributed by atoms with Crippen molar-refractivity contribution >= 4 is 5.65 Å². The molecule has 178 valence electrons.